The van der Waals surface area contributed by atoms with E-state index >= 15 is 0 Å². The van der Waals surface area contributed by atoms with Crippen molar-refractivity contribution in [3.8, 4) is 0 Å². The molecule has 8 heteroatoms. The van der Waals surface area contributed by atoms with Gasteiger partial charge in [-0.05, 0) is 49.4 Å². The van der Waals surface area contributed by atoms with Gasteiger partial charge in [0, 0.05) is 33.6 Å². The van der Waals surface area contributed by atoms with E-state index in [0.717, 1.165) is 18.6 Å². The van der Waals surface area contributed by atoms with Crippen LogP contribution in [0.25, 0.3) is 0 Å². The average molecular weight is 604 g/mol. The Balaban J connectivity index is 1.64. The third-order valence-electron chi connectivity index (χ3n) is 7.67. The van der Waals surface area contributed by atoms with Gasteiger partial charge in [0.15, 0.2) is 0 Å². The van der Waals surface area contributed by atoms with Gasteiger partial charge < -0.3 is 19.8 Å². The summed E-state index contributed by atoms with van der Waals surface area (Å²) in [6.07, 6.45) is 2.29. The summed E-state index contributed by atoms with van der Waals surface area (Å²) in [4.78, 5) is 42.4. The van der Waals surface area contributed by atoms with Crippen molar-refractivity contribution in [3.05, 3.63) is 108 Å². The molecule has 0 unspecified atom stereocenters. The predicted molar refractivity (Wildman–Crippen MR) is 175 cm³/mol. The van der Waals surface area contributed by atoms with Crippen LogP contribution in [0.5, 0.6) is 0 Å². The normalized spacial score (nSPS) is 12.1. The summed E-state index contributed by atoms with van der Waals surface area (Å²) in [6.45, 7) is 1.11. The molecule has 3 aromatic carbocycles. The van der Waals surface area contributed by atoms with Gasteiger partial charge in [0.1, 0.15) is 6.04 Å². The minimum absolute atomic E-state index is 0.208. The van der Waals surface area contributed by atoms with E-state index in [0.29, 0.717) is 19.5 Å². The number of rotatable bonds is 17. The number of thioether (sulfide) groups is 1. The Morgan fingerprint density at radius 1 is 0.721 bits per heavy atom. The van der Waals surface area contributed by atoms with Gasteiger partial charge in [0.25, 0.3) is 0 Å². The van der Waals surface area contributed by atoms with E-state index in [9.17, 15) is 19.5 Å². The van der Waals surface area contributed by atoms with Crippen molar-refractivity contribution in [1.82, 2.24) is 14.7 Å². The van der Waals surface area contributed by atoms with Gasteiger partial charge in [0.2, 0.25) is 11.8 Å². The summed E-state index contributed by atoms with van der Waals surface area (Å²) in [6, 6.07) is 30.7. The fraction of sp³-hybridized carbons (Fsp3) is 0.400. The highest BCUT2D eigenvalue weighted by atomic mass is 32.2. The number of benzene rings is 3. The minimum Gasteiger partial charge on any atom is -0.481 e. The van der Waals surface area contributed by atoms with Crippen LogP contribution in [-0.4, -0.2) is 90.7 Å². The standard InChI is InChI=1S/C35H45N3O4S/c1-36(2)24-25-37(3)34(42)31(27-33(40)41)38(4)32(39)23-15-8-16-26-43-35(28-17-9-5-10-18-28,29-19-11-6-12-20-29)30-21-13-7-14-22-30/h5-7,9-14,17-22,31H,8,15-16,23-27H2,1-4H3,(H,40,41)/t31-/m0/s1. The number of carboxylic acids is 1. The molecular formula is C35H45N3O4S. The SMILES string of the molecule is CN(C)CCN(C)C(=O)[C@H](CC(=O)O)N(C)C(=O)CCCCCSC(c1ccccc1)(c1ccccc1)c1ccccc1. The largest absolute Gasteiger partial charge is 0.481 e. The topological polar surface area (TPSA) is 81.2 Å². The van der Waals surface area contributed by atoms with Crippen molar-refractivity contribution in [2.24, 2.45) is 0 Å². The maximum absolute atomic E-state index is 13.1. The molecular weight excluding hydrogens is 558 g/mol. The number of carbonyl (C=O) groups is 3. The number of carbonyl (C=O) groups excluding carboxylic acids is 2. The highest BCUT2D eigenvalue weighted by Crippen LogP contribution is 2.48. The number of nitrogens with zero attached hydrogens (tertiary/aromatic N) is 3. The molecule has 0 spiro atoms. The Bertz CT molecular complexity index is 1190. The van der Waals surface area contributed by atoms with Crippen LogP contribution in [0.2, 0.25) is 0 Å². The fourth-order valence-corrected chi connectivity index (χ4v) is 6.73. The zero-order valence-corrected chi connectivity index (χ0v) is 26.6. The molecule has 43 heavy (non-hydrogen) atoms. The molecule has 0 aromatic heterocycles. The van der Waals surface area contributed by atoms with E-state index in [1.165, 1.54) is 33.5 Å². The fourth-order valence-electron chi connectivity index (χ4n) is 5.17. The monoisotopic (exact) mass is 603 g/mol. The van der Waals surface area contributed by atoms with E-state index in [2.05, 4.69) is 72.8 Å². The molecule has 0 fully saturated rings. The first kappa shape index (κ1) is 33.9. The van der Waals surface area contributed by atoms with Crippen LogP contribution in [0.15, 0.2) is 91.0 Å². The number of aliphatic carboxylic acids is 1. The van der Waals surface area contributed by atoms with E-state index in [4.69, 9.17) is 0 Å². The van der Waals surface area contributed by atoms with Gasteiger partial charge in [0.05, 0.1) is 11.2 Å². The molecule has 0 aliphatic carbocycles. The van der Waals surface area contributed by atoms with Crippen molar-refractivity contribution in [2.75, 3.05) is 47.0 Å². The van der Waals surface area contributed by atoms with Crippen molar-refractivity contribution in [3.63, 3.8) is 0 Å². The number of unbranched alkanes of at least 4 members (excludes halogenated alkanes) is 2. The quantitative estimate of drug-likeness (QED) is 0.160. The van der Waals surface area contributed by atoms with Crippen molar-refractivity contribution >= 4 is 29.5 Å². The van der Waals surface area contributed by atoms with Crippen LogP contribution in [0.3, 0.4) is 0 Å². The van der Waals surface area contributed by atoms with Crippen LogP contribution >= 0.6 is 11.8 Å². The maximum Gasteiger partial charge on any atom is 0.305 e. The van der Waals surface area contributed by atoms with Crippen molar-refractivity contribution in [1.29, 1.82) is 0 Å². The highest BCUT2D eigenvalue weighted by molar-refractivity contribution is 8.00. The first-order valence-corrected chi connectivity index (χ1v) is 15.8. The smallest absolute Gasteiger partial charge is 0.305 e. The Morgan fingerprint density at radius 3 is 1.65 bits per heavy atom. The molecule has 0 radical (unpaired) electrons. The zero-order valence-electron chi connectivity index (χ0n) is 25.8. The van der Waals surface area contributed by atoms with Crippen LogP contribution in [-0.2, 0) is 19.1 Å². The van der Waals surface area contributed by atoms with E-state index in [1.807, 2.05) is 49.0 Å². The first-order chi connectivity index (χ1) is 20.7. The first-order valence-electron chi connectivity index (χ1n) is 14.8. The Morgan fingerprint density at radius 2 is 1.21 bits per heavy atom. The number of amides is 2. The molecule has 0 saturated heterocycles. The molecule has 230 valence electrons. The molecule has 1 N–H and O–H groups in total. The molecule has 0 aliphatic rings. The number of hydrogen-bond donors (Lipinski definition) is 1. The number of hydrogen-bond acceptors (Lipinski definition) is 5. The maximum atomic E-state index is 13.1. The minimum atomic E-state index is -1.10. The number of carboxylic acid groups (broad SMARTS) is 1. The molecule has 3 rings (SSSR count). The summed E-state index contributed by atoms with van der Waals surface area (Å²) in [5, 5.41) is 9.43. The van der Waals surface area contributed by atoms with Gasteiger partial charge in [-0.1, -0.05) is 97.4 Å². The van der Waals surface area contributed by atoms with Crippen LogP contribution in [0, 0.1) is 0 Å². The summed E-state index contributed by atoms with van der Waals surface area (Å²) in [5.74, 6) is -0.773. The molecule has 3 aromatic rings. The van der Waals surface area contributed by atoms with E-state index < -0.39 is 18.4 Å². The van der Waals surface area contributed by atoms with E-state index in [1.54, 1.807) is 7.05 Å². The molecule has 1 atom stereocenters. The zero-order chi connectivity index (χ0) is 31.2. The van der Waals surface area contributed by atoms with Crippen LogP contribution in [0.1, 0.15) is 48.8 Å². The molecule has 2 amide bonds. The Hall–Kier alpha value is -3.62. The van der Waals surface area contributed by atoms with Crippen LogP contribution < -0.4 is 0 Å². The third kappa shape index (κ3) is 9.43. The van der Waals surface area contributed by atoms with Gasteiger partial charge in [-0.3, -0.25) is 14.4 Å². The lowest BCUT2D eigenvalue weighted by molar-refractivity contribution is -0.149. The van der Waals surface area contributed by atoms with Crippen molar-refractivity contribution in [2.45, 2.75) is 42.9 Å². The molecule has 7 nitrogen and oxygen atoms in total. The predicted octanol–water partition coefficient (Wildman–Crippen LogP) is 5.59. The van der Waals surface area contributed by atoms with Gasteiger partial charge in [-0.2, -0.15) is 0 Å². The highest BCUT2D eigenvalue weighted by Gasteiger charge is 2.36. The Kier molecular flexibility index (Phi) is 13.3. The van der Waals surface area contributed by atoms with Gasteiger partial charge >= 0.3 is 5.97 Å². The molecule has 0 bridgehead atoms. The van der Waals surface area contributed by atoms with Crippen molar-refractivity contribution < 1.29 is 19.5 Å². The summed E-state index contributed by atoms with van der Waals surface area (Å²) >= 11 is 1.90. The summed E-state index contributed by atoms with van der Waals surface area (Å²) < 4.78 is -0.372. The summed E-state index contributed by atoms with van der Waals surface area (Å²) in [5.41, 5.74) is 3.66. The van der Waals surface area contributed by atoms with Gasteiger partial charge in [-0.25, -0.2) is 0 Å². The van der Waals surface area contributed by atoms with E-state index in [-0.39, 0.29) is 23.0 Å². The second-order valence-electron chi connectivity index (χ2n) is 11.1. The molecule has 0 heterocycles. The average Bonchev–Trinajstić information content (AvgIpc) is 3.02. The Labute approximate surface area is 260 Å². The van der Waals surface area contributed by atoms with Gasteiger partial charge in [-0.15, -0.1) is 11.8 Å². The molecule has 0 saturated carbocycles. The van der Waals surface area contributed by atoms with Crippen LogP contribution in [0.4, 0.5) is 0 Å². The lowest BCUT2D eigenvalue weighted by Gasteiger charge is -2.35. The second-order valence-corrected chi connectivity index (χ2v) is 12.4. The number of likely N-dealkylation sites (N-methyl/N-ethyl adjacent to an activating group) is 3. The lowest BCUT2D eigenvalue weighted by Crippen LogP contribution is -2.50. The summed E-state index contributed by atoms with van der Waals surface area (Å²) in [7, 11) is 7.01. The third-order valence-corrected chi connectivity index (χ3v) is 9.30. The lowest BCUT2D eigenvalue weighted by atomic mass is 9.84. The molecule has 0 aliphatic heterocycles. The second kappa shape index (κ2) is 16.9.